The first-order valence-corrected chi connectivity index (χ1v) is 4.19. The molecule has 0 aliphatic heterocycles. The van der Waals surface area contributed by atoms with E-state index in [0.29, 0.717) is 19.1 Å². The fourth-order valence-electron chi connectivity index (χ4n) is 0.955. The van der Waals surface area contributed by atoms with E-state index >= 15 is 0 Å². The van der Waals surface area contributed by atoms with Crippen LogP contribution in [0.2, 0.25) is 0 Å². The number of nitrogens with two attached hydrogens (primary N) is 1. The SMILES string of the molecule is COCC(CNc1n[nH]c(N)n1)OC. The number of nitrogens with zero attached hydrogens (tertiary/aromatic N) is 2. The third-order valence-corrected chi connectivity index (χ3v) is 1.68. The molecule has 80 valence electrons. The highest BCUT2D eigenvalue weighted by molar-refractivity contribution is 5.29. The predicted octanol–water partition coefficient (Wildman–Crippen LogP) is -0.540. The molecule has 0 saturated heterocycles. The Morgan fingerprint density at radius 3 is 2.86 bits per heavy atom. The number of ether oxygens (including phenoxy) is 2. The second-order valence-corrected chi connectivity index (χ2v) is 2.74. The zero-order valence-electron chi connectivity index (χ0n) is 8.28. The molecule has 1 atom stereocenters. The van der Waals surface area contributed by atoms with Gasteiger partial charge >= 0.3 is 0 Å². The van der Waals surface area contributed by atoms with Crippen molar-refractivity contribution in [3.63, 3.8) is 0 Å². The number of nitrogen functional groups attached to an aromatic ring is 1. The Morgan fingerprint density at radius 1 is 1.57 bits per heavy atom. The number of nitrogens with one attached hydrogen (secondary N) is 2. The van der Waals surface area contributed by atoms with Crippen molar-refractivity contribution in [1.82, 2.24) is 15.2 Å². The molecule has 0 aliphatic rings. The molecule has 0 aromatic carbocycles. The van der Waals surface area contributed by atoms with Crippen LogP contribution in [0.3, 0.4) is 0 Å². The zero-order chi connectivity index (χ0) is 10.4. The molecule has 7 heteroatoms. The molecule has 0 saturated carbocycles. The molecular formula is C7H15N5O2. The average Bonchev–Trinajstić information content (AvgIpc) is 2.59. The minimum Gasteiger partial charge on any atom is -0.382 e. The van der Waals surface area contributed by atoms with Crippen molar-refractivity contribution >= 4 is 11.9 Å². The van der Waals surface area contributed by atoms with E-state index in [1.807, 2.05) is 0 Å². The van der Waals surface area contributed by atoms with Crippen LogP contribution in [0.15, 0.2) is 0 Å². The van der Waals surface area contributed by atoms with Crippen LogP contribution in [-0.2, 0) is 9.47 Å². The molecule has 0 bridgehead atoms. The van der Waals surface area contributed by atoms with Crippen molar-refractivity contribution in [3.8, 4) is 0 Å². The van der Waals surface area contributed by atoms with Crippen molar-refractivity contribution < 1.29 is 9.47 Å². The fourth-order valence-corrected chi connectivity index (χ4v) is 0.955. The van der Waals surface area contributed by atoms with E-state index in [1.54, 1.807) is 14.2 Å². The second-order valence-electron chi connectivity index (χ2n) is 2.74. The molecule has 7 nitrogen and oxygen atoms in total. The molecule has 1 unspecified atom stereocenters. The van der Waals surface area contributed by atoms with Crippen LogP contribution in [0.25, 0.3) is 0 Å². The topological polar surface area (TPSA) is 98.1 Å². The highest BCUT2D eigenvalue weighted by Gasteiger charge is 2.07. The zero-order valence-corrected chi connectivity index (χ0v) is 8.28. The van der Waals surface area contributed by atoms with Crippen molar-refractivity contribution in [3.05, 3.63) is 0 Å². The lowest BCUT2D eigenvalue weighted by Crippen LogP contribution is -2.26. The smallest absolute Gasteiger partial charge is 0.243 e. The van der Waals surface area contributed by atoms with E-state index in [4.69, 9.17) is 15.2 Å². The fraction of sp³-hybridized carbons (Fsp3) is 0.714. The first-order valence-electron chi connectivity index (χ1n) is 4.19. The van der Waals surface area contributed by atoms with E-state index < -0.39 is 0 Å². The summed E-state index contributed by atoms with van der Waals surface area (Å²) in [5.74, 6) is 0.744. The Bertz CT molecular complexity index is 264. The molecule has 1 rings (SSSR count). The minimum absolute atomic E-state index is 0.0280. The molecule has 4 N–H and O–H groups in total. The minimum atomic E-state index is -0.0280. The molecular weight excluding hydrogens is 186 g/mol. The van der Waals surface area contributed by atoms with Gasteiger partial charge in [0.2, 0.25) is 11.9 Å². The number of aromatic amines is 1. The summed E-state index contributed by atoms with van der Waals surface area (Å²) < 4.78 is 10.1. The molecule has 0 fully saturated rings. The summed E-state index contributed by atoms with van der Waals surface area (Å²) in [5.41, 5.74) is 5.35. The molecule has 1 heterocycles. The lowest BCUT2D eigenvalue weighted by atomic mass is 10.4. The van der Waals surface area contributed by atoms with E-state index in [1.165, 1.54) is 0 Å². The van der Waals surface area contributed by atoms with Crippen molar-refractivity contribution in [1.29, 1.82) is 0 Å². The monoisotopic (exact) mass is 201 g/mol. The van der Waals surface area contributed by atoms with Gasteiger partial charge in [-0.05, 0) is 0 Å². The van der Waals surface area contributed by atoms with Gasteiger partial charge in [-0.1, -0.05) is 0 Å². The van der Waals surface area contributed by atoms with Crippen LogP contribution in [-0.4, -0.2) is 48.7 Å². The van der Waals surface area contributed by atoms with Gasteiger partial charge in [-0.3, -0.25) is 0 Å². The number of hydrogen-bond donors (Lipinski definition) is 3. The molecule has 0 spiro atoms. The third-order valence-electron chi connectivity index (χ3n) is 1.68. The number of hydrogen-bond acceptors (Lipinski definition) is 6. The molecule has 0 amide bonds. The van der Waals surface area contributed by atoms with Gasteiger partial charge in [0.15, 0.2) is 0 Å². The number of H-pyrrole nitrogens is 1. The maximum atomic E-state index is 5.35. The lowest BCUT2D eigenvalue weighted by molar-refractivity contribution is 0.0365. The standard InChI is InChI=1S/C7H15N5O2/c1-13-4-5(14-2)3-9-7-10-6(8)11-12-7/h5H,3-4H2,1-2H3,(H4,8,9,10,11,12). The Labute approximate surface area is 82.0 Å². The first kappa shape index (κ1) is 10.7. The number of methoxy groups -OCH3 is 2. The van der Waals surface area contributed by atoms with Crippen molar-refractivity contribution in [2.24, 2.45) is 0 Å². The highest BCUT2D eigenvalue weighted by Crippen LogP contribution is 2.00. The van der Waals surface area contributed by atoms with Crippen molar-refractivity contribution in [2.75, 3.05) is 38.4 Å². The summed E-state index contributed by atoms with van der Waals surface area (Å²) >= 11 is 0. The summed E-state index contributed by atoms with van der Waals surface area (Å²) in [7, 11) is 3.24. The molecule has 14 heavy (non-hydrogen) atoms. The molecule has 0 radical (unpaired) electrons. The Kier molecular flexibility index (Phi) is 4.14. The van der Waals surface area contributed by atoms with E-state index in [9.17, 15) is 0 Å². The van der Waals surface area contributed by atoms with Gasteiger partial charge in [-0.15, -0.1) is 5.10 Å². The van der Waals surface area contributed by atoms with Gasteiger partial charge in [-0.25, -0.2) is 5.10 Å². The second kappa shape index (κ2) is 5.40. The van der Waals surface area contributed by atoms with Crippen LogP contribution >= 0.6 is 0 Å². The maximum absolute atomic E-state index is 5.35. The van der Waals surface area contributed by atoms with Gasteiger partial charge in [0, 0.05) is 20.8 Å². The van der Waals surface area contributed by atoms with Crippen LogP contribution < -0.4 is 11.1 Å². The quantitative estimate of drug-likeness (QED) is 0.571. The van der Waals surface area contributed by atoms with E-state index in [-0.39, 0.29) is 12.1 Å². The van der Waals surface area contributed by atoms with Gasteiger partial charge in [0.25, 0.3) is 0 Å². The van der Waals surface area contributed by atoms with E-state index in [0.717, 1.165) is 0 Å². The Morgan fingerprint density at radius 2 is 2.36 bits per heavy atom. The highest BCUT2D eigenvalue weighted by atomic mass is 16.5. The largest absolute Gasteiger partial charge is 0.382 e. The first-order chi connectivity index (χ1) is 6.76. The summed E-state index contributed by atoms with van der Waals surface area (Å²) in [5, 5.41) is 9.30. The summed E-state index contributed by atoms with van der Waals surface area (Å²) in [6.07, 6.45) is -0.0280. The normalized spacial score (nSPS) is 12.7. The summed E-state index contributed by atoms with van der Waals surface area (Å²) in [6.45, 7) is 1.09. The summed E-state index contributed by atoms with van der Waals surface area (Å²) in [4.78, 5) is 3.88. The number of rotatable bonds is 6. The predicted molar refractivity (Wildman–Crippen MR) is 52.0 cm³/mol. The average molecular weight is 201 g/mol. The van der Waals surface area contributed by atoms with E-state index in [2.05, 4.69) is 20.5 Å². The van der Waals surface area contributed by atoms with Crippen LogP contribution in [0.1, 0.15) is 0 Å². The number of anilines is 2. The molecule has 1 aromatic heterocycles. The van der Waals surface area contributed by atoms with Crippen LogP contribution in [0, 0.1) is 0 Å². The Hall–Kier alpha value is -1.34. The Balaban J connectivity index is 2.31. The van der Waals surface area contributed by atoms with Gasteiger partial charge in [0.05, 0.1) is 12.7 Å². The van der Waals surface area contributed by atoms with Crippen LogP contribution in [0.4, 0.5) is 11.9 Å². The molecule has 0 aliphatic carbocycles. The number of aromatic nitrogens is 3. The summed E-state index contributed by atoms with van der Waals surface area (Å²) in [6, 6.07) is 0. The van der Waals surface area contributed by atoms with Crippen LogP contribution in [0.5, 0.6) is 0 Å². The molecule has 1 aromatic rings. The maximum Gasteiger partial charge on any atom is 0.243 e. The van der Waals surface area contributed by atoms with Crippen molar-refractivity contribution in [2.45, 2.75) is 6.10 Å². The third kappa shape index (κ3) is 3.19. The lowest BCUT2D eigenvalue weighted by Gasteiger charge is -2.13. The van der Waals surface area contributed by atoms with Gasteiger partial charge in [-0.2, -0.15) is 4.98 Å². The van der Waals surface area contributed by atoms with Gasteiger partial charge < -0.3 is 20.5 Å². The van der Waals surface area contributed by atoms with Gasteiger partial charge in [0.1, 0.15) is 0 Å².